The number of benzene rings is 1. The zero-order valence-corrected chi connectivity index (χ0v) is 19.9. The third kappa shape index (κ3) is 10.6. The fourth-order valence-electron chi connectivity index (χ4n) is 3.55. The minimum absolute atomic E-state index is 0.0265. The van der Waals surface area contributed by atoms with Gasteiger partial charge in [0.2, 0.25) is 0 Å². The number of hydrogen-bond acceptors (Lipinski definition) is 4. The van der Waals surface area contributed by atoms with Gasteiger partial charge in [0.25, 0.3) is 0 Å². The van der Waals surface area contributed by atoms with Gasteiger partial charge in [-0.2, -0.15) is 0 Å². The number of rotatable bonds is 12. The number of urea groups is 1. The average molecular weight is 433 g/mol. The first-order valence-electron chi connectivity index (χ1n) is 11.3. The molecule has 0 bridgehead atoms. The largest absolute Gasteiger partial charge is 0.385 e. The van der Waals surface area contributed by atoms with Gasteiger partial charge in [0.15, 0.2) is 11.6 Å². The van der Waals surface area contributed by atoms with Crippen LogP contribution in [0.25, 0.3) is 0 Å². The standard InChI is InChI=1S/C25H40N2O4/c1-7-11-21(28)23(30)19(15-18-12-9-8-10-13-18)16-22(29)20(14-17(2)3)26-24(31)27-25(4,5)6/h8-10,12-13,17,19-20,23,30H,7,11,14-16H2,1-6H3,(H2,26,27,31)/t19?,20-,23?/m0/s1. The lowest BCUT2D eigenvalue weighted by atomic mass is 9.84. The Bertz CT molecular complexity index is 710. The zero-order chi connectivity index (χ0) is 23.6. The molecular formula is C25H40N2O4. The van der Waals surface area contributed by atoms with Crippen LogP contribution in [0.3, 0.4) is 0 Å². The molecule has 0 saturated carbocycles. The minimum Gasteiger partial charge on any atom is -0.385 e. The van der Waals surface area contributed by atoms with Crippen molar-refractivity contribution in [3.63, 3.8) is 0 Å². The van der Waals surface area contributed by atoms with Gasteiger partial charge >= 0.3 is 6.03 Å². The summed E-state index contributed by atoms with van der Waals surface area (Å²) in [5.74, 6) is -0.740. The van der Waals surface area contributed by atoms with Crippen LogP contribution in [-0.4, -0.2) is 40.4 Å². The number of aliphatic hydroxyl groups excluding tert-OH is 1. The Morgan fingerprint density at radius 1 is 1.03 bits per heavy atom. The van der Waals surface area contributed by atoms with Gasteiger partial charge in [-0.3, -0.25) is 9.59 Å². The summed E-state index contributed by atoms with van der Waals surface area (Å²) in [5.41, 5.74) is 0.538. The molecule has 1 rings (SSSR count). The number of Topliss-reactive ketones (excluding diaryl/α,β-unsaturated/α-hetero) is 2. The Morgan fingerprint density at radius 3 is 2.16 bits per heavy atom. The summed E-state index contributed by atoms with van der Waals surface area (Å²) in [6.07, 6.45) is 0.666. The molecule has 0 aliphatic rings. The van der Waals surface area contributed by atoms with Crippen LogP contribution >= 0.6 is 0 Å². The van der Waals surface area contributed by atoms with E-state index < -0.39 is 29.6 Å². The summed E-state index contributed by atoms with van der Waals surface area (Å²) in [7, 11) is 0. The second-order valence-corrected chi connectivity index (χ2v) is 9.81. The monoisotopic (exact) mass is 432 g/mol. The summed E-state index contributed by atoms with van der Waals surface area (Å²) in [5, 5.41) is 16.3. The van der Waals surface area contributed by atoms with Gasteiger partial charge in [0.05, 0.1) is 6.04 Å². The molecule has 3 atom stereocenters. The lowest BCUT2D eigenvalue weighted by molar-refractivity contribution is -0.131. The second-order valence-electron chi connectivity index (χ2n) is 9.81. The van der Waals surface area contributed by atoms with E-state index in [-0.39, 0.29) is 30.3 Å². The van der Waals surface area contributed by atoms with Crippen molar-refractivity contribution in [3.8, 4) is 0 Å². The molecule has 2 amide bonds. The van der Waals surface area contributed by atoms with Crippen LogP contribution in [0.1, 0.15) is 72.8 Å². The number of hydrogen-bond donors (Lipinski definition) is 3. The number of carbonyl (C=O) groups excluding carboxylic acids is 3. The summed E-state index contributed by atoms with van der Waals surface area (Å²) in [6, 6.07) is 8.48. The molecule has 0 spiro atoms. The Kier molecular flexibility index (Phi) is 10.9. The van der Waals surface area contributed by atoms with E-state index in [4.69, 9.17) is 0 Å². The van der Waals surface area contributed by atoms with E-state index in [9.17, 15) is 19.5 Å². The molecule has 31 heavy (non-hydrogen) atoms. The Morgan fingerprint density at radius 2 is 1.65 bits per heavy atom. The SMILES string of the molecule is CCCC(=O)C(O)C(CC(=O)[C@H](CC(C)C)NC(=O)NC(C)(C)C)Cc1ccccc1. The molecule has 3 N–H and O–H groups in total. The summed E-state index contributed by atoms with van der Waals surface area (Å²) < 4.78 is 0. The van der Waals surface area contributed by atoms with Gasteiger partial charge < -0.3 is 15.7 Å². The molecule has 174 valence electrons. The molecule has 6 nitrogen and oxygen atoms in total. The zero-order valence-electron chi connectivity index (χ0n) is 19.9. The van der Waals surface area contributed by atoms with E-state index in [0.29, 0.717) is 19.3 Å². The third-order valence-electron chi connectivity index (χ3n) is 4.97. The topological polar surface area (TPSA) is 95.5 Å². The molecule has 0 heterocycles. The smallest absolute Gasteiger partial charge is 0.315 e. The molecule has 0 aromatic heterocycles. The van der Waals surface area contributed by atoms with Crippen LogP contribution in [0.4, 0.5) is 4.79 Å². The van der Waals surface area contributed by atoms with Gasteiger partial charge in [-0.05, 0) is 51.5 Å². The predicted octanol–water partition coefficient (Wildman–Crippen LogP) is 4.05. The molecule has 1 aromatic carbocycles. The molecule has 0 saturated heterocycles. The van der Waals surface area contributed by atoms with E-state index in [1.807, 2.05) is 71.9 Å². The van der Waals surface area contributed by atoms with Gasteiger partial charge in [-0.1, -0.05) is 51.1 Å². The third-order valence-corrected chi connectivity index (χ3v) is 4.97. The van der Waals surface area contributed by atoms with Crippen molar-refractivity contribution in [2.24, 2.45) is 11.8 Å². The number of carbonyl (C=O) groups is 3. The van der Waals surface area contributed by atoms with Crippen molar-refractivity contribution in [1.82, 2.24) is 10.6 Å². The second kappa shape index (κ2) is 12.6. The maximum atomic E-state index is 13.2. The summed E-state index contributed by atoms with van der Waals surface area (Å²) >= 11 is 0. The highest BCUT2D eigenvalue weighted by Gasteiger charge is 2.31. The van der Waals surface area contributed by atoms with Crippen molar-refractivity contribution in [3.05, 3.63) is 35.9 Å². The maximum Gasteiger partial charge on any atom is 0.315 e. The summed E-state index contributed by atoms with van der Waals surface area (Å²) in [6.45, 7) is 11.5. The van der Waals surface area contributed by atoms with Crippen LogP contribution in [0.2, 0.25) is 0 Å². The van der Waals surface area contributed by atoms with Crippen LogP contribution in [-0.2, 0) is 16.0 Å². The van der Waals surface area contributed by atoms with Crippen molar-refractivity contribution >= 4 is 17.6 Å². The van der Waals surface area contributed by atoms with Crippen molar-refractivity contribution in [1.29, 1.82) is 0 Å². The van der Waals surface area contributed by atoms with Crippen molar-refractivity contribution in [2.75, 3.05) is 0 Å². The first-order valence-corrected chi connectivity index (χ1v) is 11.3. The molecule has 1 aromatic rings. The Balaban J connectivity index is 3.01. The van der Waals surface area contributed by atoms with Gasteiger partial charge in [0.1, 0.15) is 6.10 Å². The molecular weight excluding hydrogens is 392 g/mol. The van der Waals surface area contributed by atoms with E-state index in [1.54, 1.807) is 0 Å². The van der Waals surface area contributed by atoms with Crippen LogP contribution in [0.15, 0.2) is 30.3 Å². The fraction of sp³-hybridized carbons (Fsp3) is 0.640. The highest BCUT2D eigenvalue weighted by molar-refractivity contribution is 5.90. The minimum atomic E-state index is -1.20. The average Bonchev–Trinajstić information content (AvgIpc) is 2.65. The van der Waals surface area contributed by atoms with Crippen LogP contribution in [0.5, 0.6) is 0 Å². The molecule has 0 radical (unpaired) electrons. The molecule has 0 fully saturated rings. The molecule has 2 unspecified atom stereocenters. The van der Waals surface area contributed by atoms with Gasteiger partial charge in [-0.25, -0.2) is 4.79 Å². The normalized spacial score (nSPS) is 14.6. The summed E-state index contributed by atoms with van der Waals surface area (Å²) in [4.78, 5) is 38.0. The molecule has 0 aliphatic heterocycles. The van der Waals surface area contributed by atoms with E-state index >= 15 is 0 Å². The fourth-order valence-corrected chi connectivity index (χ4v) is 3.55. The number of ketones is 2. The Hall–Kier alpha value is -2.21. The van der Waals surface area contributed by atoms with Crippen molar-refractivity contribution in [2.45, 2.75) is 91.3 Å². The number of aliphatic hydroxyl groups is 1. The highest BCUT2D eigenvalue weighted by Crippen LogP contribution is 2.21. The Labute approximate surface area is 187 Å². The highest BCUT2D eigenvalue weighted by atomic mass is 16.3. The first kappa shape index (κ1) is 26.8. The number of amides is 2. The number of nitrogens with one attached hydrogen (secondary N) is 2. The van der Waals surface area contributed by atoms with E-state index in [0.717, 1.165) is 5.56 Å². The van der Waals surface area contributed by atoms with E-state index in [2.05, 4.69) is 10.6 Å². The maximum absolute atomic E-state index is 13.2. The first-order chi connectivity index (χ1) is 14.4. The predicted molar refractivity (Wildman–Crippen MR) is 124 cm³/mol. The lowest BCUT2D eigenvalue weighted by Crippen LogP contribution is -2.52. The van der Waals surface area contributed by atoms with Gasteiger partial charge in [0, 0.05) is 24.3 Å². The lowest BCUT2D eigenvalue weighted by Gasteiger charge is -2.27. The van der Waals surface area contributed by atoms with Crippen molar-refractivity contribution < 1.29 is 19.5 Å². The quantitative estimate of drug-likeness (QED) is 0.464. The van der Waals surface area contributed by atoms with Gasteiger partial charge in [-0.15, -0.1) is 0 Å². The molecule has 6 heteroatoms. The molecule has 0 aliphatic carbocycles. The van der Waals surface area contributed by atoms with E-state index in [1.165, 1.54) is 0 Å². The van der Waals surface area contributed by atoms with Crippen LogP contribution < -0.4 is 10.6 Å². The van der Waals surface area contributed by atoms with Crippen LogP contribution in [0, 0.1) is 11.8 Å².